The molecule has 0 aliphatic heterocycles. The zero-order valence-corrected chi connectivity index (χ0v) is 13.1. The van der Waals surface area contributed by atoms with Gasteiger partial charge in [-0.25, -0.2) is 0 Å². The van der Waals surface area contributed by atoms with Gasteiger partial charge in [0, 0.05) is 6.54 Å². The Balaban J connectivity index is 2.66. The van der Waals surface area contributed by atoms with E-state index in [1.54, 1.807) is 6.21 Å². The third-order valence-corrected chi connectivity index (χ3v) is 2.92. The molecule has 5 heteroatoms. The highest BCUT2D eigenvalue weighted by atomic mass is 32.1. The van der Waals surface area contributed by atoms with Crippen LogP contribution in [0.4, 0.5) is 0 Å². The molecule has 1 aromatic rings. The molecule has 0 bridgehead atoms. The monoisotopic (exact) mass is 292 g/mol. The van der Waals surface area contributed by atoms with E-state index in [4.69, 9.17) is 18.0 Å². The van der Waals surface area contributed by atoms with Crippen molar-refractivity contribution in [3.05, 3.63) is 35.4 Å². The molecule has 0 fully saturated rings. The van der Waals surface area contributed by atoms with Crippen LogP contribution in [0.15, 0.2) is 29.4 Å². The lowest BCUT2D eigenvalue weighted by atomic mass is 10.1. The quantitative estimate of drug-likeness (QED) is 0.439. The summed E-state index contributed by atoms with van der Waals surface area (Å²) in [6.07, 6.45) is 4.09. The molecule has 0 saturated carbocycles. The highest BCUT2D eigenvalue weighted by Gasteiger charge is 2.04. The third-order valence-electron chi connectivity index (χ3n) is 2.83. The number of rotatable bonds is 8. The Morgan fingerprint density at radius 2 is 2.05 bits per heavy atom. The lowest BCUT2D eigenvalue weighted by Crippen LogP contribution is -2.25. The number of hydrogen-bond donors (Lipinski definition) is 2. The predicted molar refractivity (Wildman–Crippen MR) is 89.8 cm³/mol. The van der Waals surface area contributed by atoms with Crippen LogP contribution in [0.2, 0.25) is 0 Å². The van der Waals surface area contributed by atoms with Crippen molar-refractivity contribution in [3.63, 3.8) is 0 Å². The predicted octanol–water partition coefficient (Wildman–Crippen LogP) is 2.48. The van der Waals surface area contributed by atoms with Crippen LogP contribution in [-0.2, 0) is 6.54 Å². The summed E-state index contributed by atoms with van der Waals surface area (Å²) in [4.78, 5) is 2.48. The van der Waals surface area contributed by atoms with E-state index >= 15 is 0 Å². The Morgan fingerprint density at radius 3 is 2.65 bits per heavy atom. The van der Waals surface area contributed by atoms with E-state index in [1.807, 2.05) is 12.1 Å². The van der Waals surface area contributed by atoms with Gasteiger partial charge in [0.1, 0.15) is 0 Å². The van der Waals surface area contributed by atoms with Crippen molar-refractivity contribution in [2.45, 2.75) is 33.2 Å². The van der Waals surface area contributed by atoms with Gasteiger partial charge in [0.15, 0.2) is 5.11 Å². The highest BCUT2D eigenvalue weighted by Crippen LogP contribution is 2.08. The summed E-state index contributed by atoms with van der Waals surface area (Å²) in [6.45, 7) is 7.68. The molecule has 110 valence electrons. The Bertz CT molecular complexity index is 439. The second kappa shape index (κ2) is 9.44. The molecule has 1 rings (SSSR count). The smallest absolute Gasteiger partial charge is 0.184 e. The van der Waals surface area contributed by atoms with E-state index in [1.165, 1.54) is 18.4 Å². The fraction of sp³-hybridized carbons (Fsp3) is 0.467. The Morgan fingerprint density at radius 1 is 1.35 bits per heavy atom. The van der Waals surface area contributed by atoms with Crippen molar-refractivity contribution >= 4 is 23.5 Å². The fourth-order valence-electron chi connectivity index (χ4n) is 2.10. The minimum atomic E-state index is 0.175. The normalized spacial score (nSPS) is 11.2. The van der Waals surface area contributed by atoms with Crippen LogP contribution in [0, 0.1) is 0 Å². The molecular formula is C15H24N4S. The largest absolute Gasteiger partial charge is 0.375 e. The second-order valence-electron chi connectivity index (χ2n) is 4.76. The zero-order chi connectivity index (χ0) is 14.8. The number of hydrazone groups is 1. The molecule has 0 aliphatic rings. The van der Waals surface area contributed by atoms with Crippen molar-refractivity contribution in [1.82, 2.24) is 10.3 Å². The van der Waals surface area contributed by atoms with Crippen molar-refractivity contribution in [2.75, 3.05) is 13.1 Å². The maximum Gasteiger partial charge on any atom is 0.184 e. The average molecular weight is 292 g/mol. The summed E-state index contributed by atoms with van der Waals surface area (Å²) in [7, 11) is 0. The maximum absolute atomic E-state index is 5.32. The molecule has 4 nitrogen and oxygen atoms in total. The van der Waals surface area contributed by atoms with Gasteiger partial charge in [-0.2, -0.15) is 5.10 Å². The summed E-state index contributed by atoms with van der Waals surface area (Å²) in [5.74, 6) is 0. The van der Waals surface area contributed by atoms with Crippen LogP contribution in [-0.4, -0.2) is 29.3 Å². The van der Waals surface area contributed by atoms with Gasteiger partial charge >= 0.3 is 0 Å². The molecule has 0 radical (unpaired) electrons. The van der Waals surface area contributed by atoms with Gasteiger partial charge in [-0.15, -0.1) is 0 Å². The SMILES string of the molecule is CCCN(CCC)Cc1cccc(C=NNC(N)=S)c1. The van der Waals surface area contributed by atoms with Crippen molar-refractivity contribution < 1.29 is 0 Å². The maximum atomic E-state index is 5.32. The van der Waals surface area contributed by atoms with Crippen LogP contribution in [0.1, 0.15) is 37.8 Å². The van der Waals surface area contributed by atoms with Gasteiger partial charge in [0.05, 0.1) is 6.21 Å². The number of nitrogens with zero attached hydrogens (tertiary/aromatic N) is 2. The number of hydrogen-bond acceptors (Lipinski definition) is 3. The summed E-state index contributed by atoms with van der Waals surface area (Å²) in [5, 5.41) is 4.15. The topological polar surface area (TPSA) is 53.6 Å². The molecular weight excluding hydrogens is 268 g/mol. The van der Waals surface area contributed by atoms with Crippen LogP contribution < -0.4 is 11.2 Å². The van der Waals surface area contributed by atoms with Gasteiger partial charge in [-0.1, -0.05) is 32.0 Å². The second-order valence-corrected chi connectivity index (χ2v) is 5.20. The van der Waals surface area contributed by atoms with E-state index in [9.17, 15) is 0 Å². The standard InChI is InChI=1S/C15H24N4S/c1-3-8-19(9-4-2)12-14-7-5-6-13(10-14)11-17-18-15(16)20/h5-7,10-11H,3-4,8-9,12H2,1-2H3,(H3,16,18,20). The number of thiocarbonyl (C=S) groups is 1. The summed E-state index contributed by atoms with van der Waals surface area (Å²) in [6, 6.07) is 8.35. The summed E-state index contributed by atoms with van der Waals surface area (Å²) in [5.41, 5.74) is 10.2. The molecule has 20 heavy (non-hydrogen) atoms. The van der Waals surface area contributed by atoms with Crippen LogP contribution in [0.5, 0.6) is 0 Å². The van der Waals surface area contributed by atoms with Crippen molar-refractivity contribution in [3.8, 4) is 0 Å². The zero-order valence-electron chi connectivity index (χ0n) is 12.3. The molecule has 0 heterocycles. The molecule has 1 aromatic carbocycles. The van der Waals surface area contributed by atoms with Gasteiger partial charge < -0.3 is 5.73 Å². The molecule has 0 unspecified atom stereocenters. The van der Waals surface area contributed by atoms with E-state index in [0.29, 0.717) is 0 Å². The lowest BCUT2D eigenvalue weighted by molar-refractivity contribution is 0.266. The molecule has 0 aromatic heterocycles. The molecule has 0 spiro atoms. The molecule has 0 aliphatic carbocycles. The first kappa shape index (κ1) is 16.6. The highest BCUT2D eigenvalue weighted by molar-refractivity contribution is 7.80. The minimum absolute atomic E-state index is 0.175. The molecule has 0 amide bonds. The Kier molecular flexibility index (Phi) is 7.84. The Hall–Kier alpha value is -1.46. The lowest BCUT2D eigenvalue weighted by Gasteiger charge is -2.21. The number of nitrogens with one attached hydrogen (secondary N) is 1. The average Bonchev–Trinajstić information content (AvgIpc) is 2.39. The fourth-order valence-corrected chi connectivity index (χ4v) is 2.16. The van der Waals surface area contributed by atoms with Gasteiger partial charge in [-0.05, 0) is 55.3 Å². The minimum Gasteiger partial charge on any atom is -0.375 e. The van der Waals surface area contributed by atoms with Crippen LogP contribution in [0.3, 0.4) is 0 Å². The van der Waals surface area contributed by atoms with Gasteiger partial charge in [0.25, 0.3) is 0 Å². The number of benzene rings is 1. The molecule has 0 atom stereocenters. The van der Waals surface area contributed by atoms with Crippen LogP contribution in [0.25, 0.3) is 0 Å². The first-order chi connectivity index (χ1) is 9.65. The van der Waals surface area contributed by atoms with Gasteiger partial charge in [-0.3, -0.25) is 10.3 Å². The summed E-state index contributed by atoms with van der Waals surface area (Å²) >= 11 is 4.70. The molecule has 0 saturated heterocycles. The van der Waals surface area contributed by atoms with E-state index < -0.39 is 0 Å². The van der Waals surface area contributed by atoms with E-state index in [-0.39, 0.29) is 5.11 Å². The molecule has 3 N–H and O–H groups in total. The first-order valence-electron chi connectivity index (χ1n) is 7.05. The van der Waals surface area contributed by atoms with Crippen LogP contribution >= 0.6 is 12.2 Å². The van der Waals surface area contributed by atoms with E-state index in [0.717, 1.165) is 25.2 Å². The van der Waals surface area contributed by atoms with E-state index in [2.05, 4.69) is 41.4 Å². The van der Waals surface area contributed by atoms with Crippen molar-refractivity contribution in [2.24, 2.45) is 10.8 Å². The Labute approximate surface area is 127 Å². The summed E-state index contributed by atoms with van der Waals surface area (Å²) < 4.78 is 0. The van der Waals surface area contributed by atoms with Gasteiger partial charge in [0.2, 0.25) is 0 Å². The van der Waals surface area contributed by atoms with Crippen molar-refractivity contribution in [1.29, 1.82) is 0 Å². The number of nitrogens with two attached hydrogens (primary N) is 1. The first-order valence-corrected chi connectivity index (χ1v) is 7.46. The third kappa shape index (κ3) is 6.63.